The van der Waals surface area contributed by atoms with Gasteiger partial charge >= 0.3 is 0 Å². The highest BCUT2D eigenvalue weighted by Crippen LogP contribution is 2.39. The summed E-state index contributed by atoms with van der Waals surface area (Å²) in [5, 5.41) is 0.622. The molecule has 0 aliphatic heterocycles. The van der Waals surface area contributed by atoms with Gasteiger partial charge in [0.1, 0.15) is 18.1 Å². The van der Waals surface area contributed by atoms with E-state index in [0.717, 1.165) is 39.1 Å². The van der Waals surface area contributed by atoms with Crippen LogP contribution in [-0.4, -0.2) is 18.3 Å². The number of ether oxygens (including phenoxy) is 1. The van der Waals surface area contributed by atoms with Crippen molar-refractivity contribution in [1.82, 2.24) is 0 Å². The van der Waals surface area contributed by atoms with Gasteiger partial charge in [-0.1, -0.05) is 29.8 Å². The molecule has 0 fully saturated rings. The van der Waals surface area contributed by atoms with E-state index in [1.54, 1.807) is 19.1 Å². The lowest BCUT2D eigenvalue weighted by molar-refractivity contribution is -0.116. The number of carbonyl (C=O) groups excluding carboxylic acids is 1. The first-order chi connectivity index (χ1) is 14.7. The quantitative estimate of drug-likeness (QED) is 0.439. The third kappa shape index (κ3) is 6.16. The first-order valence-corrected chi connectivity index (χ1v) is 11.1. The maximum absolute atomic E-state index is 14.1. The van der Waals surface area contributed by atoms with E-state index < -0.39 is 5.92 Å². The molecule has 2 nitrogen and oxygen atoms in total. The number of halogens is 3. The Balaban J connectivity index is 1.83. The maximum atomic E-state index is 14.1. The third-order valence-corrected chi connectivity index (χ3v) is 6.40. The molecule has 166 valence electrons. The number of Topliss-reactive ketones (excluding diaryl/α,β-unsaturated/α-hetero) is 1. The Morgan fingerprint density at radius 2 is 1.71 bits per heavy atom. The Kier molecular flexibility index (Phi) is 7.53. The third-order valence-electron chi connectivity index (χ3n) is 6.15. The fourth-order valence-electron chi connectivity index (χ4n) is 4.01. The molecule has 2 aromatic rings. The van der Waals surface area contributed by atoms with Crippen LogP contribution in [0.25, 0.3) is 5.57 Å². The van der Waals surface area contributed by atoms with Crippen LogP contribution >= 0.6 is 11.6 Å². The fraction of sp³-hybridized carbons (Fsp3) is 0.423. The molecule has 31 heavy (non-hydrogen) atoms. The summed E-state index contributed by atoms with van der Waals surface area (Å²) in [7, 11) is 0. The van der Waals surface area contributed by atoms with Crippen LogP contribution in [0, 0.1) is 13.8 Å². The van der Waals surface area contributed by atoms with Crippen molar-refractivity contribution in [3.63, 3.8) is 0 Å². The van der Waals surface area contributed by atoms with E-state index in [1.165, 1.54) is 0 Å². The molecule has 0 saturated heterocycles. The van der Waals surface area contributed by atoms with E-state index in [9.17, 15) is 13.6 Å². The number of aryl methyl sites for hydroxylation is 1. The zero-order valence-corrected chi connectivity index (χ0v) is 19.1. The standard InChI is InChI=1S/C26H29ClF2O2/c1-17(30)4-5-20-8-11-25(19(3)18(20)2)31-16-22-12-14-26(28,29)15-13-24(22)21-6-9-23(27)10-7-21/h6-11H,4-5,12-16H2,1-3H3. The zero-order chi connectivity index (χ0) is 22.6. The van der Waals surface area contributed by atoms with Crippen LogP contribution in [0.5, 0.6) is 5.75 Å². The Morgan fingerprint density at radius 3 is 2.39 bits per heavy atom. The van der Waals surface area contributed by atoms with Gasteiger partial charge in [-0.25, -0.2) is 8.78 Å². The lowest BCUT2D eigenvalue weighted by Gasteiger charge is -2.17. The normalized spacial score (nSPS) is 16.2. The van der Waals surface area contributed by atoms with Gasteiger partial charge < -0.3 is 9.53 Å². The fourth-order valence-corrected chi connectivity index (χ4v) is 4.13. The molecule has 0 amide bonds. The van der Waals surface area contributed by atoms with Gasteiger partial charge in [-0.15, -0.1) is 0 Å². The van der Waals surface area contributed by atoms with Crippen molar-refractivity contribution >= 4 is 23.0 Å². The molecule has 0 bridgehead atoms. The van der Waals surface area contributed by atoms with E-state index in [1.807, 2.05) is 38.1 Å². The largest absolute Gasteiger partial charge is 0.489 e. The molecule has 0 saturated carbocycles. The van der Waals surface area contributed by atoms with Crippen molar-refractivity contribution in [2.75, 3.05) is 6.61 Å². The number of carbonyl (C=O) groups is 1. The lowest BCUT2D eigenvalue weighted by atomic mass is 9.96. The van der Waals surface area contributed by atoms with Crippen molar-refractivity contribution in [2.24, 2.45) is 0 Å². The Labute approximate surface area is 188 Å². The van der Waals surface area contributed by atoms with Gasteiger partial charge in [0, 0.05) is 24.3 Å². The first-order valence-electron chi connectivity index (χ1n) is 10.7. The van der Waals surface area contributed by atoms with Crippen LogP contribution in [0.15, 0.2) is 42.0 Å². The minimum absolute atomic E-state index is 0.155. The first kappa shape index (κ1) is 23.5. The van der Waals surface area contributed by atoms with Gasteiger partial charge in [0.05, 0.1) is 0 Å². The van der Waals surface area contributed by atoms with Crippen molar-refractivity contribution in [1.29, 1.82) is 0 Å². The molecule has 0 unspecified atom stereocenters. The number of allylic oxidation sites excluding steroid dienone is 1. The van der Waals surface area contributed by atoms with Crippen LogP contribution in [-0.2, 0) is 11.2 Å². The average molecular weight is 447 g/mol. The number of hydrogen-bond acceptors (Lipinski definition) is 2. The molecule has 0 atom stereocenters. The molecule has 3 rings (SSSR count). The number of alkyl halides is 2. The smallest absolute Gasteiger partial charge is 0.248 e. The van der Waals surface area contributed by atoms with Crippen molar-refractivity contribution < 1.29 is 18.3 Å². The van der Waals surface area contributed by atoms with E-state index in [0.29, 0.717) is 30.7 Å². The minimum atomic E-state index is -2.66. The Morgan fingerprint density at radius 1 is 1.03 bits per heavy atom. The van der Waals surface area contributed by atoms with E-state index in [2.05, 4.69) is 0 Å². The summed E-state index contributed by atoms with van der Waals surface area (Å²) < 4.78 is 34.4. The monoisotopic (exact) mass is 446 g/mol. The van der Waals surface area contributed by atoms with Crippen molar-refractivity contribution in [3.8, 4) is 5.75 Å². The van der Waals surface area contributed by atoms with Crippen LogP contribution in [0.2, 0.25) is 5.02 Å². The highest BCUT2D eigenvalue weighted by molar-refractivity contribution is 6.30. The van der Waals surface area contributed by atoms with Crippen LogP contribution in [0.3, 0.4) is 0 Å². The lowest BCUT2D eigenvalue weighted by Crippen LogP contribution is -2.14. The molecular weight excluding hydrogens is 418 g/mol. The number of rotatable bonds is 7. The molecule has 0 radical (unpaired) electrons. The predicted octanol–water partition coefficient (Wildman–Crippen LogP) is 7.52. The van der Waals surface area contributed by atoms with E-state index in [-0.39, 0.29) is 25.2 Å². The Bertz CT molecular complexity index is 978. The highest BCUT2D eigenvalue weighted by Gasteiger charge is 2.32. The summed E-state index contributed by atoms with van der Waals surface area (Å²) in [5.74, 6) is -1.74. The van der Waals surface area contributed by atoms with Crippen molar-refractivity contribution in [2.45, 2.75) is 65.2 Å². The summed E-state index contributed by atoms with van der Waals surface area (Å²) in [4.78, 5) is 11.3. The molecule has 0 heterocycles. The summed E-state index contributed by atoms with van der Waals surface area (Å²) in [5.41, 5.74) is 6.04. The molecule has 1 aliphatic carbocycles. The molecule has 5 heteroatoms. The van der Waals surface area contributed by atoms with Crippen LogP contribution in [0.1, 0.15) is 61.3 Å². The van der Waals surface area contributed by atoms with Crippen LogP contribution in [0.4, 0.5) is 8.78 Å². The Hall–Kier alpha value is -2.20. The number of ketones is 1. The maximum Gasteiger partial charge on any atom is 0.248 e. The van der Waals surface area contributed by atoms with Gasteiger partial charge in [0.15, 0.2) is 0 Å². The average Bonchev–Trinajstić information content (AvgIpc) is 2.87. The molecule has 1 aliphatic rings. The SMILES string of the molecule is CC(=O)CCc1ccc(OCC2=C(c3ccc(Cl)cc3)CCC(F)(F)CC2)c(C)c1C. The number of benzene rings is 2. The van der Waals surface area contributed by atoms with E-state index in [4.69, 9.17) is 16.3 Å². The second kappa shape index (κ2) is 9.95. The van der Waals surface area contributed by atoms with Gasteiger partial charge in [0.25, 0.3) is 0 Å². The number of hydrogen-bond donors (Lipinski definition) is 0. The van der Waals surface area contributed by atoms with Crippen molar-refractivity contribution in [3.05, 3.63) is 69.2 Å². The molecule has 0 N–H and O–H groups in total. The molecule has 0 spiro atoms. The second-order valence-electron chi connectivity index (χ2n) is 8.41. The van der Waals surface area contributed by atoms with Gasteiger partial charge in [-0.2, -0.15) is 0 Å². The predicted molar refractivity (Wildman–Crippen MR) is 122 cm³/mol. The van der Waals surface area contributed by atoms with Gasteiger partial charge in [-0.3, -0.25) is 0 Å². The highest BCUT2D eigenvalue weighted by atomic mass is 35.5. The molecular formula is C26H29ClF2O2. The zero-order valence-electron chi connectivity index (χ0n) is 18.4. The van der Waals surface area contributed by atoms with Gasteiger partial charge in [-0.05, 0) is 91.6 Å². The van der Waals surface area contributed by atoms with Crippen LogP contribution < -0.4 is 4.74 Å². The second-order valence-corrected chi connectivity index (χ2v) is 8.84. The topological polar surface area (TPSA) is 26.3 Å². The van der Waals surface area contributed by atoms with E-state index >= 15 is 0 Å². The minimum Gasteiger partial charge on any atom is -0.489 e. The molecule has 2 aromatic carbocycles. The summed E-state index contributed by atoms with van der Waals surface area (Å²) >= 11 is 6.01. The summed E-state index contributed by atoms with van der Waals surface area (Å²) in [6.45, 7) is 5.91. The molecule has 0 aromatic heterocycles. The summed E-state index contributed by atoms with van der Waals surface area (Å²) in [6.07, 6.45) is 1.53. The van der Waals surface area contributed by atoms with Gasteiger partial charge in [0.2, 0.25) is 5.92 Å². The summed E-state index contributed by atoms with van der Waals surface area (Å²) in [6, 6.07) is 11.3.